The van der Waals surface area contributed by atoms with Crippen molar-refractivity contribution in [3.8, 4) is 0 Å². The highest BCUT2D eigenvalue weighted by Gasteiger charge is 2.25. The summed E-state index contributed by atoms with van der Waals surface area (Å²) < 4.78 is 13.6. The summed E-state index contributed by atoms with van der Waals surface area (Å²) in [6, 6.07) is 13.0. The van der Waals surface area contributed by atoms with Gasteiger partial charge in [-0.1, -0.05) is 36.4 Å². The van der Waals surface area contributed by atoms with E-state index in [-0.39, 0.29) is 18.1 Å². The number of benzene rings is 2. The Hall–Kier alpha value is -2.11. The smallest absolute Gasteiger partial charge is 0.325 e. The van der Waals surface area contributed by atoms with Gasteiger partial charge in [0.1, 0.15) is 11.9 Å². The van der Waals surface area contributed by atoms with Crippen molar-refractivity contribution in [2.75, 3.05) is 19.3 Å². The summed E-state index contributed by atoms with van der Waals surface area (Å²) in [4.78, 5) is 13.2. The molecule has 2 aromatic carbocycles. The lowest BCUT2D eigenvalue weighted by Gasteiger charge is -2.25. The summed E-state index contributed by atoms with van der Waals surface area (Å²) in [7, 11) is 1.72. The summed E-state index contributed by atoms with van der Waals surface area (Å²) in [5.74, 6) is -1.61. The number of aliphatic carboxylic acids is 1. The molecular weight excluding hydrogens is 319 g/mol. The number of nitrogens with zero attached hydrogens (tertiary/aromatic N) is 1. The fourth-order valence-corrected chi connectivity index (χ4v) is 2.38. The van der Waals surface area contributed by atoms with E-state index >= 15 is 0 Å². The number of rotatable bonds is 6. The molecule has 0 radical (unpaired) electrons. The maximum Gasteiger partial charge on any atom is 0.325 e. The number of nitrogens with two attached hydrogens (primary N) is 1. The van der Waals surface area contributed by atoms with E-state index in [0.717, 1.165) is 12.0 Å². The molecule has 1 unspecified atom stereocenters. The molecule has 2 aromatic rings. The molecule has 3 N–H and O–H groups in total. The number of halogens is 2. The lowest BCUT2D eigenvalue weighted by atomic mass is 10.0. The van der Waals surface area contributed by atoms with Crippen molar-refractivity contribution in [3.63, 3.8) is 0 Å². The molecule has 23 heavy (non-hydrogen) atoms. The van der Waals surface area contributed by atoms with Gasteiger partial charge in [0, 0.05) is 6.54 Å². The molecule has 0 amide bonds. The van der Waals surface area contributed by atoms with Crippen molar-refractivity contribution in [1.82, 2.24) is 4.90 Å². The van der Waals surface area contributed by atoms with Crippen LogP contribution in [0.2, 0.25) is 0 Å². The van der Waals surface area contributed by atoms with Gasteiger partial charge in [-0.05, 0) is 36.7 Å². The Bertz CT molecular complexity index is 652. The second-order valence-corrected chi connectivity index (χ2v) is 5.24. The van der Waals surface area contributed by atoms with Crippen LogP contribution in [0.1, 0.15) is 17.2 Å². The Labute approximate surface area is 141 Å². The Morgan fingerprint density at radius 2 is 1.91 bits per heavy atom. The van der Waals surface area contributed by atoms with Crippen LogP contribution in [0.25, 0.3) is 0 Å². The Kier molecular flexibility index (Phi) is 7.00. The number of likely N-dealkylation sites (N-methyl/N-ethyl adjacent to an activating group) is 1. The number of nitrogen functional groups attached to an aromatic ring is 1. The third kappa shape index (κ3) is 4.94. The molecule has 124 valence electrons. The number of carboxylic acid groups (broad SMARTS) is 1. The molecule has 1 atom stereocenters. The Balaban J connectivity index is 0.00000264. The quantitative estimate of drug-likeness (QED) is 0.794. The number of hydrogen-bond donors (Lipinski definition) is 2. The maximum atomic E-state index is 13.6. The zero-order valence-electron chi connectivity index (χ0n) is 12.8. The molecule has 0 aliphatic rings. The van der Waals surface area contributed by atoms with Crippen LogP contribution in [0.15, 0.2) is 48.5 Å². The average Bonchev–Trinajstić information content (AvgIpc) is 2.50. The predicted molar refractivity (Wildman–Crippen MR) is 91.2 cm³/mol. The van der Waals surface area contributed by atoms with Gasteiger partial charge < -0.3 is 10.8 Å². The first-order chi connectivity index (χ1) is 10.5. The summed E-state index contributed by atoms with van der Waals surface area (Å²) in [5, 5.41) is 9.46. The van der Waals surface area contributed by atoms with Crippen molar-refractivity contribution < 1.29 is 14.3 Å². The van der Waals surface area contributed by atoms with Gasteiger partial charge in [0.15, 0.2) is 0 Å². The maximum absolute atomic E-state index is 13.6. The molecule has 0 aliphatic heterocycles. The molecule has 0 saturated heterocycles. The van der Waals surface area contributed by atoms with Crippen LogP contribution in [0.3, 0.4) is 0 Å². The minimum Gasteiger partial charge on any atom is -0.480 e. The van der Waals surface area contributed by atoms with E-state index < -0.39 is 17.8 Å². The van der Waals surface area contributed by atoms with Gasteiger partial charge >= 0.3 is 5.97 Å². The Morgan fingerprint density at radius 3 is 2.48 bits per heavy atom. The van der Waals surface area contributed by atoms with Gasteiger partial charge in [-0.15, -0.1) is 12.4 Å². The number of anilines is 1. The van der Waals surface area contributed by atoms with Gasteiger partial charge in [0.25, 0.3) is 0 Å². The zero-order chi connectivity index (χ0) is 16.1. The molecule has 0 heterocycles. The normalized spacial score (nSPS) is 11.8. The van der Waals surface area contributed by atoms with Crippen molar-refractivity contribution in [1.29, 1.82) is 0 Å². The van der Waals surface area contributed by atoms with E-state index in [9.17, 15) is 14.3 Å². The molecular formula is C17H20ClFN2O2. The first-order valence-electron chi connectivity index (χ1n) is 7.01. The summed E-state index contributed by atoms with van der Waals surface area (Å²) in [5.41, 5.74) is 6.96. The van der Waals surface area contributed by atoms with Crippen LogP contribution in [0.4, 0.5) is 10.1 Å². The summed E-state index contributed by atoms with van der Waals surface area (Å²) >= 11 is 0. The highest BCUT2D eigenvalue weighted by atomic mass is 35.5. The largest absolute Gasteiger partial charge is 0.480 e. The molecule has 0 aromatic heterocycles. The minimum absolute atomic E-state index is 0. The van der Waals surface area contributed by atoms with E-state index in [1.54, 1.807) is 18.0 Å². The molecule has 0 spiro atoms. The fourth-order valence-electron chi connectivity index (χ4n) is 2.38. The molecule has 2 rings (SSSR count). The predicted octanol–water partition coefficient (Wildman–Crippen LogP) is 3.13. The van der Waals surface area contributed by atoms with Crippen LogP contribution in [0.5, 0.6) is 0 Å². The first-order valence-corrected chi connectivity index (χ1v) is 7.01. The second-order valence-electron chi connectivity index (χ2n) is 5.24. The fraction of sp³-hybridized carbons (Fsp3) is 0.235. The van der Waals surface area contributed by atoms with E-state index in [0.29, 0.717) is 12.1 Å². The van der Waals surface area contributed by atoms with Crippen LogP contribution >= 0.6 is 12.4 Å². The van der Waals surface area contributed by atoms with E-state index in [1.807, 2.05) is 30.3 Å². The molecule has 0 fully saturated rings. The van der Waals surface area contributed by atoms with Gasteiger partial charge in [-0.25, -0.2) is 4.39 Å². The van der Waals surface area contributed by atoms with Crippen LogP contribution in [-0.2, 0) is 11.2 Å². The van der Waals surface area contributed by atoms with Gasteiger partial charge in [-0.3, -0.25) is 9.69 Å². The second kappa shape index (κ2) is 8.50. The molecule has 4 nitrogen and oxygen atoms in total. The monoisotopic (exact) mass is 338 g/mol. The number of carbonyl (C=O) groups is 1. The van der Waals surface area contributed by atoms with Crippen molar-refractivity contribution >= 4 is 24.1 Å². The molecule has 6 heteroatoms. The number of hydrogen-bond acceptors (Lipinski definition) is 3. The lowest BCUT2D eigenvalue weighted by Crippen LogP contribution is -2.32. The Morgan fingerprint density at radius 1 is 1.26 bits per heavy atom. The lowest BCUT2D eigenvalue weighted by molar-refractivity contribution is -0.143. The third-order valence-electron chi connectivity index (χ3n) is 3.61. The van der Waals surface area contributed by atoms with Crippen LogP contribution in [0, 0.1) is 5.82 Å². The van der Waals surface area contributed by atoms with Crippen molar-refractivity contribution in [2.45, 2.75) is 12.5 Å². The molecule has 0 saturated carbocycles. The van der Waals surface area contributed by atoms with Crippen LogP contribution < -0.4 is 5.73 Å². The highest BCUT2D eigenvalue weighted by Crippen LogP contribution is 2.23. The van der Waals surface area contributed by atoms with E-state index in [4.69, 9.17) is 5.73 Å². The zero-order valence-corrected chi connectivity index (χ0v) is 13.6. The standard InChI is InChI=1S/C17H19FN2O2.ClH/c1-20(10-9-12-5-3-2-4-6-12)16(17(21)22)13-7-8-15(19)14(18)11-13;/h2-8,11,16H,9-10,19H2,1H3,(H,21,22);1H. The summed E-state index contributed by atoms with van der Waals surface area (Å²) in [6.45, 7) is 0.549. The molecule has 0 aliphatic carbocycles. The van der Waals surface area contributed by atoms with Crippen molar-refractivity contribution in [2.24, 2.45) is 0 Å². The molecule has 0 bridgehead atoms. The van der Waals surface area contributed by atoms with Gasteiger partial charge in [0.2, 0.25) is 0 Å². The highest BCUT2D eigenvalue weighted by molar-refractivity contribution is 5.85. The van der Waals surface area contributed by atoms with Crippen LogP contribution in [-0.4, -0.2) is 29.6 Å². The number of carboxylic acids is 1. The average molecular weight is 339 g/mol. The summed E-state index contributed by atoms with van der Waals surface area (Å²) in [6.07, 6.45) is 0.721. The van der Waals surface area contributed by atoms with E-state index in [1.165, 1.54) is 12.1 Å². The van der Waals surface area contributed by atoms with Gasteiger partial charge in [0.05, 0.1) is 5.69 Å². The third-order valence-corrected chi connectivity index (χ3v) is 3.61. The minimum atomic E-state index is -1.01. The first kappa shape index (κ1) is 18.9. The van der Waals surface area contributed by atoms with E-state index in [2.05, 4.69) is 0 Å². The van der Waals surface area contributed by atoms with Crippen molar-refractivity contribution in [3.05, 3.63) is 65.5 Å². The van der Waals surface area contributed by atoms with Gasteiger partial charge in [-0.2, -0.15) is 0 Å². The topological polar surface area (TPSA) is 66.6 Å². The SMILES string of the molecule is CN(CCc1ccccc1)C(C(=O)O)c1ccc(N)c(F)c1.Cl.